The zero-order valence-corrected chi connectivity index (χ0v) is 10.0. The van der Waals surface area contributed by atoms with E-state index < -0.39 is 11.0 Å². The van der Waals surface area contributed by atoms with Crippen molar-refractivity contribution in [2.24, 2.45) is 0 Å². The van der Waals surface area contributed by atoms with Crippen molar-refractivity contribution in [1.82, 2.24) is 0 Å². The van der Waals surface area contributed by atoms with E-state index in [1.807, 2.05) is 0 Å². The minimum absolute atomic E-state index is 0.0464. The Hall–Kier alpha value is -1.95. The molecule has 0 spiro atoms. The molecule has 0 saturated carbocycles. The number of nitrogens with one attached hydrogen (secondary N) is 1. The largest absolute Gasteiger partial charge is 0.368 e. The lowest BCUT2D eigenvalue weighted by Gasteiger charge is -2.10. The summed E-state index contributed by atoms with van der Waals surface area (Å²) >= 11 is 0. The lowest BCUT2D eigenvalue weighted by molar-refractivity contribution is -0.385. The van der Waals surface area contributed by atoms with Gasteiger partial charge in [0.1, 0.15) is 6.10 Å². The molecule has 1 saturated heterocycles. The quantitative estimate of drug-likeness (QED) is 0.657. The fourth-order valence-corrected chi connectivity index (χ4v) is 1.95. The van der Waals surface area contributed by atoms with Gasteiger partial charge in [-0.05, 0) is 31.9 Å². The number of hydrogen-bond donors (Lipinski definition) is 1. The van der Waals surface area contributed by atoms with Gasteiger partial charge in [0.05, 0.1) is 4.92 Å². The molecule has 6 heteroatoms. The standard InChI is InChI=1S/C12H14N2O4/c1-8-7-9(4-5-10(8)14(16)17)13-12(15)11-3-2-6-18-11/h4-5,7,11H,2-3,6H2,1H3,(H,13,15). The zero-order valence-electron chi connectivity index (χ0n) is 10.0. The van der Waals surface area contributed by atoms with E-state index in [4.69, 9.17) is 4.74 Å². The lowest BCUT2D eigenvalue weighted by atomic mass is 10.1. The van der Waals surface area contributed by atoms with E-state index in [0.717, 1.165) is 12.8 Å². The van der Waals surface area contributed by atoms with Crippen LogP contribution in [0.15, 0.2) is 18.2 Å². The first kappa shape index (κ1) is 12.5. The Bertz CT molecular complexity index is 481. The summed E-state index contributed by atoms with van der Waals surface area (Å²) in [7, 11) is 0. The van der Waals surface area contributed by atoms with Crippen molar-refractivity contribution in [2.75, 3.05) is 11.9 Å². The van der Waals surface area contributed by atoms with Gasteiger partial charge in [-0.25, -0.2) is 0 Å². The molecule has 1 N–H and O–H groups in total. The number of carbonyl (C=O) groups is 1. The number of ether oxygens (including phenoxy) is 1. The van der Waals surface area contributed by atoms with Gasteiger partial charge in [0, 0.05) is 23.9 Å². The van der Waals surface area contributed by atoms with E-state index in [-0.39, 0.29) is 11.6 Å². The van der Waals surface area contributed by atoms with Crippen LogP contribution in [0.2, 0.25) is 0 Å². The van der Waals surface area contributed by atoms with Crippen molar-refractivity contribution in [1.29, 1.82) is 0 Å². The van der Waals surface area contributed by atoms with Crippen LogP contribution in [0.5, 0.6) is 0 Å². The Morgan fingerprint density at radius 3 is 2.89 bits per heavy atom. The molecule has 1 heterocycles. The van der Waals surface area contributed by atoms with Crippen molar-refractivity contribution in [2.45, 2.75) is 25.9 Å². The molecule has 0 radical (unpaired) electrons. The van der Waals surface area contributed by atoms with Gasteiger partial charge in [-0.3, -0.25) is 14.9 Å². The van der Waals surface area contributed by atoms with Gasteiger partial charge in [0.25, 0.3) is 11.6 Å². The molecular formula is C12H14N2O4. The number of benzene rings is 1. The van der Waals surface area contributed by atoms with E-state index in [1.165, 1.54) is 12.1 Å². The Morgan fingerprint density at radius 2 is 2.33 bits per heavy atom. The van der Waals surface area contributed by atoms with Crippen LogP contribution in [-0.2, 0) is 9.53 Å². The maximum atomic E-state index is 11.8. The number of nitro benzene ring substituents is 1. The SMILES string of the molecule is Cc1cc(NC(=O)C2CCCO2)ccc1[N+](=O)[O-]. The van der Waals surface area contributed by atoms with Crippen LogP contribution in [0.1, 0.15) is 18.4 Å². The summed E-state index contributed by atoms with van der Waals surface area (Å²) in [5, 5.41) is 13.4. The van der Waals surface area contributed by atoms with Crippen LogP contribution in [0, 0.1) is 17.0 Å². The normalized spacial score (nSPS) is 18.6. The summed E-state index contributed by atoms with van der Waals surface area (Å²) in [5.74, 6) is -0.194. The van der Waals surface area contributed by atoms with Crippen LogP contribution >= 0.6 is 0 Å². The van der Waals surface area contributed by atoms with E-state index in [2.05, 4.69) is 5.32 Å². The van der Waals surface area contributed by atoms with Crippen LogP contribution < -0.4 is 5.32 Å². The predicted molar refractivity (Wildman–Crippen MR) is 65.4 cm³/mol. The highest BCUT2D eigenvalue weighted by Crippen LogP contribution is 2.22. The van der Waals surface area contributed by atoms with Crippen molar-refractivity contribution in [3.05, 3.63) is 33.9 Å². The Labute approximate surface area is 104 Å². The fraction of sp³-hybridized carbons (Fsp3) is 0.417. The van der Waals surface area contributed by atoms with Gasteiger partial charge >= 0.3 is 0 Å². The molecule has 2 rings (SSSR count). The number of amides is 1. The molecule has 1 aliphatic rings. The first-order chi connectivity index (χ1) is 8.58. The van der Waals surface area contributed by atoms with Gasteiger partial charge in [0.2, 0.25) is 0 Å². The van der Waals surface area contributed by atoms with Gasteiger partial charge in [-0.2, -0.15) is 0 Å². The topological polar surface area (TPSA) is 81.5 Å². The minimum Gasteiger partial charge on any atom is -0.368 e. The zero-order chi connectivity index (χ0) is 13.1. The van der Waals surface area contributed by atoms with Crippen LogP contribution in [0.3, 0.4) is 0 Å². The van der Waals surface area contributed by atoms with Crippen LogP contribution in [-0.4, -0.2) is 23.5 Å². The third kappa shape index (κ3) is 2.65. The summed E-state index contributed by atoms with van der Waals surface area (Å²) in [4.78, 5) is 22.0. The maximum absolute atomic E-state index is 11.8. The third-order valence-corrected chi connectivity index (χ3v) is 2.88. The number of nitrogens with zero attached hydrogens (tertiary/aromatic N) is 1. The minimum atomic E-state index is -0.443. The van der Waals surface area contributed by atoms with E-state index in [9.17, 15) is 14.9 Å². The van der Waals surface area contributed by atoms with Crippen molar-refractivity contribution >= 4 is 17.3 Å². The van der Waals surface area contributed by atoms with Crippen LogP contribution in [0.25, 0.3) is 0 Å². The summed E-state index contributed by atoms with van der Waals surface area (Å²) in [6, 6.07) is 4.50. The highest BCUT2D eigenvalue weighted by atomic mass is 16.6. The molecule has 0 aliphatic carbocycles. The molecule has 18 heavy (non-hydrogen) atoms. The molecule has 1 aromatic rings. The molecule has 6 nitrogen and oxygen atoms in total. The van der Waals surface area contributed by atoms with Gasteiger partial charge in [0.15, 0.2) is 0 Å². The second kappa shape index (κ2) is 5.14. The van der Waals surface area contributed by atoms with Gasteiger partial charge in [-0.1, -0.05) is 0 Å². The highest BCUT2D eigenvalue weighted by Gasteiger charge is 2.23. The summed E-state index contributed by atoms with van der Waals surface area (Å²) in [6.45, 7) is 2.25. The molecule has 1 aromatic carbocycles. The Kier molecular flexibility index (Phi) is 3.57. The number of rotatable bonds is 3. The van der Waals surface area contributed by atoms with Crippen molar-refractivity contribution in [3.63, 3.8) is 0 Å². The highest BCUT2D eigenvalue weighted by molar-refractivity contribution is 5.94. The molecule has 1 fully saturated rings. The van der Waals surface area contributed by atoms with Gasteiger partial charge in [-0.15, -0.1) is 0 Å². The summed E-state index contributed by atoms with van der Waals surface area (Å²) in [6.07, 6.45) is 1.20. The maximum Gasteiger partial charge on any atom is 0.272 e. The monoisotopic (exact) mass is 250 g/mol. The van der Waals surface area contributed by atoms with E-state index in [0.29, 0.717) is 17.9 Å². The van der Waals surface area contributed by atoms with Crippen molar-refractivity contribution in [3.8, 4) is 0 Å². The average Bonchev–Trinajstić information content (AvgIpc) is 2.81. The molecule has 96 valence electrons. The van der Waals surface area contributed by atoms with Gasteiger partial charge < -0.3 is 10.1 Å². The number of carbonyl (C=O) groups excluding carboxylic acids is 1. The number of hydrogen-bond acceptors (Lipinski definition) is 4. The third-order valence-electron chi connectivity index (χ3n) is 2.88. The lowest BCUT2D eigenvalue weighted by Crippen LogP contribution is -2.26. The summed E-state index contributed by atoms with van der Waals surface area (Å²) in [5.41, 5.74) is 1.12. The second-order valence-corrected chi connectivity index (χ2v) is 4.25. The van der Waals surface area contributed by atoms with Crippen molar-refractivity contribution < 1.29 is 14.5 Å². The first-order valence-corrected chi connectivity index (χ1v) is 5.75. The Morgan fingerprint density at radius 1 is 1.56 bits per heavy atom. The average molecular weight is 250 g/mol. The molecule has 0 aromatic heterocycles. The number of nitro groups is 1. The molecular weight excluding hydrogens is 236 g/mol. The molecule has 1 aliphatic heterocycles. The number of anilines is 1. The number of aryl methyl sites for hydroxylation is 1. The van der Waals surface area contributed by atoms with Crippen LogP contribution in [0.4, 0.5) is 11.4 Å². The fourth-order valence-electron chi connectivity index (χ4n) is 1.95. The van der Waals surface area contributed by atoms with E-state index in [1.54, 1.807) is 13.0 Å². The second-order valence-electron chi connectivity index (χ2n) is 4.25. The molecule has 0 bridgehead atoms. The molecule has 1 atom stereocenters. The van der Waals surface area contributed by atoms with E-state index >= 15 is 0 Å². The Balaban J connectivity index is 2.07. The molecule has 1 amide bonds. The smallest absolute Gasteiger partial charge is 0.272 e. The predicted octanol–water partition coefficient (Wildman–Crippen LogP) is 2.02. The summed E-state index contributed by atoms with van der Waals surface area (Å²) < 4.78 is 5.26. The molecule has 1 unspecified atom stereocenters. The first-order valence-electron chi connectivity index (χ1n) is 5.75.